The number of nitrogens with zero attached hydrogens (tertiary/aromatic N) is 2. The van der Waals surface area contributed by atoms with Crippen LogP contribution in [0.5, 0.6) is 11.5 Å². The van der Waals surface area contributed by atoms with Crippen LogP contribution in [0, 0.1) is 0 Å². The van der Waals surface area contributed by atoms with Crippen LogP contribution >= 0.6 is 0 Å². The third kappa shape index (κ3) is 5.59. The zero-order valence-corrected chi connectivity index (χ0v) is 16.9. The second kappa shape index (κ2) is 9.77. The number of aromatic carboxylic acids is 2. The van der Waals surface area contributed by atoms with Gasteiger partial charge >= 0.3 is 55.6 Å². The predicted octanol–water partition coefficient (Wildman–Crippen LogP) is 0.884. The summed E-state index contributed by atoms with van der Waals surface area (Å²) in [5, 5.41) is 47.7. The topological polar surface area (TPSA) is 145 Å². The van der Waals surface area contributed by atoms with E-state index in [1.807, 2.05) is 0 Å². The Labute approximate surface area is 164 Å². The molecule has 0 bridgehead atoms. The third-order valence-corrected chi connectivity index (χ3v) is 2.67. The maximum absolute atomic E-state index is 11.5. The Kier molecular flexibility index (Phi) is 8.40. The average Bonchev–Trinajstić information content (AvgIpc) is 2.55. The molecule has 0 aliphatic heterocycles. The molecular weight excluding hydrogens is 338 g/mol. The fraction of sp³-hybridized carbons (Fsp3) is 0. The van der Waals surface area contributed by atoms with Gasteiger partial charge in [0, 0.05) is 0 Å². The standard InChI is InChI=1S/C14H10N2O6.2Na/c17-11-4-2-7(5-10(11)14(21)22)15-16-8-1-3-9(13(19)20)12(18)6-8;;/h1-6,17-18H,(H,19,20)(H,21,22);;/p-2. The van der Waals surface area contributed by atoms with Gasteiger partial charge in [-0.25, -0.2) is 9.59 Å². The first-order chi connectivity index (χ1) is 11.4. The summed E-state index contributed by atoms with van der Waals surface area (Å²) in [6, 6.07) is 6.76. The van der Waals surface area contributed by atoms with Gasteiger partial charge in [0.05, 0.1) is 22.5 Å². The SMILES string of the molecule is O=C(O)c1ccc(N=Nc2ccc([O-])c(C(=O)O)c2)cc1[O-].[Na][Na]. The van der Waals surface area contributed by atoms with E-state index in [0.717, 1.165) is 24.3 Å². The Morgan fingerprint density at radius 3 is 1.79 bits per heavy atom. The van der Waals surface area contributed by atoms with Crippen LogP contribution in [0.2, 0.25) is 0 Å². The summed E-state index contributed by atoms with van der Waals surface area (Å²) >= 11 is 2.89. The van der Waals surface area contributed by atoms with Crippen molar-refractivity contribution in [3.63, 3.8) is 0 Å². The van der Waals surface area contributed by atoms with Crippen molar-refractivity contribution in [3.05, 3.63) is 47.5 Å². The van der Waals surface area contributed by atoms with Gasteiger partial charge in [-0.1, -0.05) is 17.6 Å². The molecule has 24 heavy (non-hydrogen) atoms. The number of carboxylic acids is 2. The van der Waals surface area contributed by atoms with Gasteiger partial charge in [-0.3, -0.25) is 0 Å². The summed E-state index contributed by atoms with van der Waals surface area (Å²) < 4.78 is 0. The monoisotopic (exact) mass is 346 g/mol. The molecule has 2 aromatic carbocycles. The van der Waals surface area contributed by atoms with Crippen molar-refractivity contribution < 1.29 is 30.0 Å². The second-order valence-electron chi connectivity index (χ2n) is 4.17. The van der Waals surface area contributed by atoms with Crippen LogP contribution < -0.4 is 10.2 Å². The van der Waals surface area contributed by atoms with Crippen LogP contribution in [-0.4, -0.2) is 65.8 Å². The number of carbonyl (C=O) groups is 2. The molecule has 0 saturated heterocycles. The molecule has 2 aromatic rings. The van der Waals surface area contributed by atoms with Crippen LogP contribution in [0.3, 0.4) is 0 Å². The molecule has 0 heterocycles. The molecule has 0 aliphatic carbocycles. The average molecular weight is 346 g/mol. The van der Waals surface area contributed by atoms with Crippen LogP contribution in [0.25, 0.3) is 0 Å². The molecule has 0 fully saturated rings. The Bertz CT molecular complexity index is 795. The van der Waals surface area contributed by atoms with Gasteiger partial charge in [-0.05, 0) is 30.3 Å². The summed E-state index contributed by atoms with van der Waals surface area (Å²) in [4.78, 5) is 21.5. The van der Waals surface area contributed by atoms with Gasteiger partial charge < -0.3 is 20.4 Å². The summed E-state index contributed by atoms with van der Waals surface area (Å²) in [7, 11) is 0. The molecule has 0 unspecified atom stereocenters. The van der Waals surface area contributed by atoms with Crippen molar-refractivity contribution in [2.24, 2.45) is 10.2 Å². The molecule has 2 rings (SSSR count). The number of azo groups is 1. The minimum atomic E-state index is -1.38. The second-order valence-corrected chi connectivity index (χ2v) is 4.17. The van der Waals surface area contributed by atoms with Gasteiger partial charge in [0.1, 0.15) is 0 Å². The third-order valence-electron chi connectivity index (χ3n) is 2.67. The van der Waals surface area contributed by atoms with E-state index in [-0.39, 0.29) is 16.9 Å². The van der Waals surface area contributed by atoms with Crippen molar-refractivity contribution in [1.29, 1.82) is 0 Å². The number of hydrogen-bond acceptors (Lipinski definition) is 6. The number of rotatable bonds is 4. The van der Waals surface area contributed by atoms with Gasteiger partial charge in [0.2, 0.25) is 0 Å². The normalized spacial score (nSPS) is 10.2. The van der Waals surface area contributed by atoms with Crippen LogP contribution in [0.4, 0.5) is 11.4 Å². The maximum atomic E-state index is 11.5. The van der Waals surface area contributed by atoms with Gasteiger partial charge in [0.15, 0.2) is 0 Å². The number of carboxylic acid groups (broad SMARTS) is 2. The first-order valence-corrected chi connectivity index (χ1v) is 14.9. The molecular formula is C14H8N2Na2O6-2. The van der Waals surface area contributed by atoms with Gasteiger partial charge in [0.25, 0.3) is 0 Å². The molecule has 0 spiro atoms. The van der Waals surface area contributed by atoms with E-state index in [2.05, 4.69) is 10.2 Å². The van der Waals surface area contributed by atoms with Crippen molar-refractivity contribution >= 4 is 66.9 Å². The van der Waals surface area contributed by atoms with E-state index < -0.39 is 29.0 Å². The van der Waals surface area contributed by atoms with Crippen LogP contribution in [-0.2, 0) is 0 Å². The van der Waals surface area contributed by atoms with E-state index in [4.69, 9.17) is 10.2 Å². The molecule has 0 radical (unpaired) electrons. The first kappa shape index (κ1) is 20.6. The Balaban J connectivity index is 0.00000139. The predicted molar refractivity (Wildman–Crippen MR) is 81.4 cm³/mol. The number of benzene rings is 2. The molecule has 10 heteroatoms. The van der Waals surface area contributed by atoms with E-state index in [1.165, 1.54) is 55.8 Å². The van der Waals surface area contributed by atoms with Crippen molar-refractivity contribution in [3.8, 4) is 11.5 Å². The zero-order valence-electron chi connectivity index (χ0n) is 12.9. The van der Waals surface area contributed by atoms with Crippen molar-refractivity contribution in [2.75, 3.05) is 0 Å². The quantitative estimate of drug-likeness (QED) is 0.621. The molecule has 0 atom stereocenters. The fourth-order valence-electron chi connectivity index (χ4n) is 1.61. The van der Waals surface area contributed by atoms with Crippen molar-refractivity contribution in [2.45, 2.75) is 0 Å². The molecule has 0 aromatic heterocycles. The van der Waals surface area contributed by atoms with E-state index in [0.29, 0.717) is 0 Å². The molecule has 0 aliphatic rings. The van der Waals surface area contributed by atoms with E-state index >= 15 is 0 Å². The van der Waals surface area contributed by atoms with Crippen molar-refractivity contribution in [1.82, 2.24) is 0 Å². The van der Waals surface area contributed by atoms with Gasteiger partial charge in [-0.15, -0.1) is 0 Å². The minimum absolute atomic E-state index is 0.109. The molecule has 114 valence electrons. The fourth-order valence-corrected chi connectivity index (χ4v) is 1.61. The summed E-state index contributed by atoms with van der Waals surface area (Å²) in [5.74, 6) is -4.09. The first-order valence-electron chi connectivity index (χ1n) is 6.89. The molecule has 8 nitrogen and oxygen atoms in total. The Hall–Kier alpha value is -1.42. The molecule has 2 N–H and O–H groups in total. The molecule has 0 saturated carbocycles. The van der Waals surface area contributed by atoms with Crippen LogP contribution in [0.1, 0.15) is 20.7 Å². The molecule has 0 amide bonds. The van der Waals surface area contributed by atoms with E-state index in [1.54, 1.807) is 0 Å². The van der Waals surface area contributed by atoms with Gasteiger partial charge in [-0.2, -0.15) is 10.2 Å². The Morgan fingerprint density at radius 1 is 0.792 bits per heavy atom. The number of hydrogen-bond donors (Lipinski definition) is 2. The summed E-state index contributed by atoms with van der Waals surface area (Å²) in [6.45, 7) is 0. The van der Waals surface area contributed by atoms with Crippen LogP contribution in [0.15, 0.2) is 46.6 Å². The Morgan fingerprint density at radius 2 is 1.29 bits per heavy atom. The van der Waals surface area contributed by atoms with E-state index in [9.17, 15) is 19.8 Å². The zero-order chi connectivity index (χ0) is 18.3. The summed E-state index contributed by atoms with van der Waals surface area (Å²) in [5.41, 5.74) is -0.602. The summed E-state index contributed by atoms with van der Waals surface area (Å²) in [6.07, 6.45) is 0.